The molecule has 1 unspecified atom stereocenters. The number of unbranched alkanes of at least 4 members (excludes halogenated alkanes) is 2. The normalized spacial score (nSPS) is 11.6. The second-order valence-electron chi connectivity index (χ2n) is 9.57. The van der Waals surface area contributed by atoms with Crippen LogP contribution in [0.5, 0.6) is 0 Å². The van der Waals surface area contributed by atoms with Crippen molar-refractivity contribution in [3.8, 4) is 0 Å². The van der Waals surface area contributed by atoms with Crippen LogP contribution >= 0.6 is 11.8 Å². The summed E-state index contributed by atoms with van der Waals surface area (Å²) in [6.45, 7) is 4.82. The molecule has 3 aromatic rings. The van der Waals surface area contributed by atoms with Gasteiger partial charge in [0.25, 0.3) is 0 Å². The third-order valence-corrected chi connectivity index (χ3v) is 7.63. The fourth-order valence-corrected chi connectivity index (χ4v) is 5.35. The van der Waals surface area contributed by atoms with Crippen molar-refractivity contribution in [3.05, 3.63) is 78.4 Å². The molecule has 0 radical (unpaired) electrons. The van der Waals surface area contributed by atoms with Crippen LogP contribution in [-0.4, -0.2) is 48.2 Å². The van der Waals surface area contributed by atoms with Gasteiger partial charge in [0.15, 0.2) is 0 Å². The summed E-state index contributed by atoms with van der Waals surface area (Å²) in [7, 11) is 0. The average molecular weight is 550 g/mol. The molecule has 0 aromatic heterocycles. The van der Waals surface area contributed by atoms with E-state index in [1.54, 1.807) is 16.7 Å². The molecule has 1 amide bonds. The minimum Gasteiger partial charge on any atom is -0.464 e. The van der Waals surface area contributed by atoms with Gasteiger partial charge < -0.3 is 14.4 Å². The quantitative estimate of drug-likeness (QED) is 0.113. The van der Waals surface area contributed by atoms with E-state index in [0.29, 0.717) is 25.3 Å². The first-order chi connectivity index (χ1) is 19.0. The standard InChI is InChI=1S/C32H39NO5S/c1-3-4-10-19-33(20-21-37-25(2)34)32(36)29(16-18-31(35)38-23-26-11-6-5-7-12-26)24-39-30-17-15-27-13-8-9-14-28(27)22-30/h5-9,11-15,17,22,29H,3-4,10,16,18-21,23-24H2,1-2H3. The van der Waals surface area contributed by atoms with E-state index >= 15 is 0 Å². The molecule has 0 heterocycles. The fourth-order valence-electron chi connectivity index (χ4n) is 4.28. The lowest BCUT2D eigenvalue weighted by Crippen LogP contribution is -2.40. The molecule has 0 aliphatic rings. The van der Waals surface area contributed by atoms with Gasteiger partial charge in [-0.25, -0.2) is 0 Å². The number of thioether (sulfide) groups is 1. The topological polar surface area (TPSA) is 72.9 Å². The van der Waals surface area contributed by atoms with E-state index in [1.807, 2.05) is 42.5 Å². The summed E-state index contributed by atoms with van der Waals surface area (Å²) in [5.74, 6) is -0.515. The molecule has 0 saturated heterocycles. The summed E-state index contributed by atoms with van der Waals surface area (Å²) in [5, 5.41) is 2.32. The molecule has 6 nitrogen and oxygen atoms in total. The number of carbonyl (C=O) groups is 3. The van der Waals surface area contributed by atoms with Crippen LogP contribution in [0.1, 0.15) is 51.5 Å². The number of hydrogen-bond acceptors (Lipinski definition) is 6. The number of carbonyl (C=O) groups excluding carboxylic acids is 3. The molecule has 0 fully saturated rings. The molecule has 0 saturated carbocycles. The van der Waals surface area contributed by atoms with E-state index in [1.165, 1.54) is 12.3 Å². The van der Waals surface area contributed by atoms with Crippen molar-refractivity contribution in [3.63, 3.8) is 0 Å². The Morgan fingerprint density at radius 1 is 0.872 bits per heavy atom. The summed E-state index contributed by atoms with van der Waals surface area (Å²) in [6.07, 6.45) is 3.49. The zero-order chi connectivity index (χ0) is 27.9. The molecule has 3 aromatic carbocycles. The van der Waals surface area contributed by atoms with Crippen LogP contribution in [0.2, 0.25) is 0 Å². The highest BCUT2D eigenvalue weighted by atomic mass is 32.2. The summed E-state index contributed by atoms with van der Waals surface area (Å²) < 4.78 is 10.6. The van der Waals surface area contributed by atoms with Crippen molar-refractivity contribution in [1.82, 2.24) is 4.90 Å². The van der Waals surface area contributed by atoms with Gasteiger partial charge >= 0.3 is 11.9 Å². The van der Waals surface area contributed by atoms with Crippen molar-refractivity contribution in [1.29, 1.82) is 0 Å². The molecule has 7 heteroatoms. The largest absolute Gasteiger partial charge is 0.464 e. The van der Waals surface area contributed by atoms with Gasteiger partial charge in [-0.1, -0.05) is 80.4 Å². The number of fused-ring (bicyclic) bond motifs is 1. The fraction of sp³-hybridized carbons (Fsp3) is 0.406. The van der Waals surface area contributed by atoms with E-state index in [2.05, 4.69) is 37.3 Å². The highest BCUT2D eigenvalue weighted by molar-refractivity contribution is 7.99. The number of esters is 2. The SMILES string of the molecule is CCCCCN(CCOC(C)=O)C(=O)C(CCC(=O)OCc1ccccc1)CSc1ccc2ccccc2c1. The van der Waals surface area contributed by atoms with Gasteiger partial charge in [-0.15, -0.1) is 11.8 Å². The zero-order valence-electron chi connectivity index (χ0n) is 23.0. The Morgan fingerprint density at radius 3 is 2.36 bits per heavy atom. The van der Waals surface area contributed by atoms with Gasteiger partial charge in [0.05, 0.1) is 6.54 Å². The first-order valence-electron chi connectivity index (χ1n) is 13.7. The molecular formula is C32H39NO5S. The maximum atomic E-state index is 13.8. The summed E-state index contributed by atoms with van der Waals surface area (Å²) >= 11 is 1.62. The molecule has 0 aliphatic carbocycles. The molecule has 39 heavy (non-hydrogen) atoms. The van der Waals surface area contributed by atoms with Crippen molar-refractivity contribution in [2.75, 3.05) is 25.4 Å². The third kappa shape index (κ3) is 10.8. The summed E-state index contributed by atoms with van der Waals surface area (Å²) in [5.41, 5.74) is 0.929. The molecule has 0 N–H and O–H groups in total. The summed E-state index contributed by atoms with van der Waals surface area (Å²) in [6, 6.07) is 24.0. The minimum atomic E-state index is -0.371. The first kappa shape index (κ1) is 30.2. The van der Waals surface area contributed by atoms with Gasteiger partial charge in [0.1, 0.15) is 13.2 Å². The second kappa shape index (κ2) is 16.6. The lowest BCUT2D eigenvalue weighted by molar-refractivity contribution is -0.147. The van der Waals surface area contributed by atoms with Crippen molar-refractivity contribution >= 4 is 40.4 Å². The minimum absolute atomic E-state index is 0.0117. The van der Waals surface area contributed by atoms with Crippen LogP contribution in [-0.2, 0) is 30.5 Å². The molecular weight excluding hydrogens is 510 g/mol. The maximum absolute atomic E-state index is 13.8. The molecule has 0 spiro atoms. The number of benzene rings is 3. The Balaban J connectivity index is 1.68. The highest BCUT2D eigenvalue weighted by Gasteiger charge is 2.26. The maximum Gasteiger partial charge on any atom is 0.306 e. The van der Waals surface area contributed by atoms with Gasteiger partial charge in [-0.3, -0.25) is 14.4 Å². The number of ether oxygens (including phenoxy) is 2. The van der Waals surface area contributed by atoms with Crippen LogP contribution in [0.15, 0.2) is 77.7 Å². The smallest absolute Gasteiger partial charge is 0.306 e. The Labute approximate surface area is 236 Å². The summed E-state index contributed by atoms with van der Waals surface area (Å²) in [4.78, 5) is 40.5. The zero-order valence-corrected chi connectivity index (χ0v) is 23.8. The second-order valence-corrected chi connectivity index (χ2v) is 10.7. The van der Waals surface area contributed by atoms with Crippen LogP contribution in [0.25, 0.3) is 10.8 Å². The third-order valence-electron chi connectivity index (χ3n) is 6.47. The van der Waals surface area contributed by atoms with Crippen molar-refractivity contribution in [2.45, 2.75) is 57.5 Å². The number of rotatable bonds is 16. The van der Waals surface area contributed by atoms with E-state index in [9.17, 15) is 14.4 Å². The molecule has 1 atom stereocenters. The lowest BCUT2D eigenvalue weighted by Gasteiger charge is -2.27. The first-order valence-corrected chi connectivity index (χ1v) is 14.7. The van der Waals surface area contributed by atoms with Crippen LogP contribution < -0.4 is 0 Å². The number of hydrogen-bond donors (Lipinski definition) is 0. The predicted octanol–water partition coefficient (Wildman–Crippen LogP) is 6.65. The van der Waals surface area contributed by atoms with E-state index in [-0.39, 0.29) is 43.4 Å². The Bertz CT molecular complexity index is 1200. The Hall–Kier alpha value is -3.32. The average Bonchev–Trinajstić information content (AvgIpc) is 2.95. The highest BCUT2D eigenvalue weighted by Crippen LogP contribution is 2.28. The van der Waals surface area contributed by atoms with Crippen molar-refractivity contribution < 1.29 is 23.9 Å². The van der Waals surface area contributed by atoms with Crippen LogP contribution in [0.3, 0.4) is 0 Å². The van der Waals surface area contributed by atoms with Gasteiger partial charge in [-0.05, 0) is 41.3 Å². The Kier molecular flexibility index (Phi) is 12.9. The van der Waals surface area contributed by atoms with Gasteiger partial charge in [-0.2, -0.15) is 0 Å². The lowest BCUT2D eigenvalue weighted by atomic mass is 10.0. The van der Waals surface area contributed by atoms with E-state index in [4.69, 9.17) is 9.47 Å². The molecule has 3 rings (SSSR count). The van der Waals surface area contributed by atoms with Crippen molar-refractivity contribution in [2.24, 2.45) is 5.92 Å². The van der Waals surface area contributed by atoms with Gasteiger partial charge in [0.2, 0.25) is 5.91 Å². The molecule has 208 valence electrons. The monoisotopic (exact) mass is 549 g/mol. The van der Waals surface area contributed by atoms with E-state index < -0.39 is 0 Å². The van der Waals surface area contributed by atoms with Crippen LogP contribution in [0, 0.1) is 5.92 Å². The van der Waals surface area contributed by atoms with Crippen LogP contribution in [0.4, 0.5) is 0 Å². The molecule has 0 bridgehead atoms. The van der Waals surface area contributed by atoms with E-state index in [0.717, 1.165) is 35.1 Å². The number of nitrogens with zero attached hydrogens (tertiary/aromatic N) is 1. The predicted molar refractivity (Wildman–Crippen MR) is 156 cm³/mol. The molecule has 0 aliphatic heterocycles. The van der Waals surface area contributed by atoms with Gasteiger partial charge in [0, 0.05) is 36.5 Å². The Morgan fingerprint density at radius 2 is 1.62 bits per heavy atom. The number of amides is 1.